The molecule has 2 aromatic rings. The summed E-state index contributed by atoms with van der Waals surface area (Å²) in [4.78, 5) is 14.8. The second-order valence-electron chi connectivity index (χ2n) is 7.38. The van der Waals surface area contributed by atoms with Crippen molar-refractivity contribution < 1.29 is 14.3 Å². The van der Waals surface area contributed by atoms with Crippen molar-refractivity contribution in [3.63, 3.8) is 0 Å². The highest BCUT2D eigenvalue weighted by molar-refractivity contribution is 5.80. The summed E-state index contributed by atoms with van der Waals surface area (Å²) in [5.74, 6) is 0.647. The van der Waals surface area contributed by atoms with Crippen LogP contribution in [-0.2, 0) is 22.6 Å². The van der Waals surface area contributed by atoms with Crippen LogP contribution in [0.5, 0.6) is 5.75 Å². The van der Waals surface area contributed by atoms with Crippen LogP contribution in [0.1, 0.15) is 29.2 Å². The van der Waals surface area contributed by atoms with Crippen molar-refractivity contribution in [1.82, 2.24) is 10.2 Å². The van der Waals surface area contributed by atoms with Crippen LogP contribution >= 0.6 is 0 Å². The minimum atomic E-state index is -0.541. The van der Waals surface area contributed by atoms with Crippen LogP contribution in [0.15, 0.2) is 42.5 Å². The molecule has 5 nitrogen and oxygen atoms in total. The Morgan fingerprint density at radius 2 is 1.79 bits per heavy atom. The Morgan fingerprint density at radius 3 is 2.50 bits per heavy atom. The van der Waals surface area contributed by atoms with Crippen LogP contribution in [0.4, 0.5) is 0 Å². The zero-order valence-electron chi connectivity index (χ0n) is 17.0. The second-order valence-corrected chi connectivity index (χ2v) is 7.38. The number of morpholine rings is 1. The fourth-order valence-electron chi connectivity index (χ4n) is 3.21. The van der Waals surface area contributed by atoms with Gasteiger partial charge in [0, 0.05) is 26.2 Å². The van der Waals surface area contributed by atoms with Gasteiger partial charge in [0.15, 0.2) is 6.10 Å². The normalized spacial score (nSPS) is 15.8. The van der Waals surface area contributed by atoms with Gasteiger partial charge in [-0.1, -0.05) is 36.4 Å². The fraction of sp³-hybridized carbons (Fsp3) is 0.435. The summed E-state index contributed by atoms with van der Waals surface area (Å²) in [5.41, 5.74) is 4.59. The van der Waals surface area contributed by atoms with Crippen molar-refractivity contribution in [3.05, 3.63) is 64.7 Å². The monoisotopic (exact) mass is 382 g/mol. The molecule has 0 saturated carbocycles. The van der Waals surface area contributed by atoms with Crippen molar-refractivity contribution >= 4 is 5.91 Å². The van der Waals surface area contributed by atoms with Crippen LogP contribution < -0.4 is 10.1 Å². The third-order valence-corrected chi connectivity index (χ3v) is 5.23. The Labute approximate surface area is 167 Å². The number of amides is 1. The molecule has 0 aromatic heterocycles. The standard InChI is InChI=1S/C23H30N2O3/c1-17-5-4-6-22(18(17)2)28-19(3)23(26)24-15-20-7-9-21(10-8-20)16-25-11-13-27-14-12-25/h4-10,19H,11-16H2,1-3H3,(H,24,26). The smallest absolute Gasteiger partial charge is 0.261 e. The molecule has 1 unspecified atom stereocenters. The maximum Gasteiger partial charge on any atom is 0.261 e. The molecule has 1 heterocycles. The minimum absolute atomic E-state index is 0.113. The van der Waals surface area contributed by atoms with E-state index in [9.17, 15) is 4.79 Å². The number of hydrogen-bond acceptors (Lipinski definition) is 4. The van der Waals surface area contributed by atoms with Crippen LogP contribution in [0.2, 0.25) is 0 Å². The third-order valence-electron chi connectivity index (χ3n) is 5.23. The van der Waals surface area contributed by atoms with Crippen molar-refractivity contribution in [3.8, 4) is 5.75 Å². The molecule has 1 amide bonds. The zero-order chi connectivity index (χ0) is 19.9. The van der Waals surface area contributed by atoms with E-state index in [4.69, 9.17) is 9.47 Å². The second kappa shape index (κ2) is 9.71. The van der Waals surface area contributed by atoms with Crippen LogP contribution in [0.3, 0.4) is 0 Å². The number of aryl methyl sites for hydroxylation is 1. The molecule has 1 aliphatic rings. The molecule has 2 aromatic carbocycles. The molecule has 0 spiro atoms. The van der Waals surface area contributed by atoms with E-state index < -0.39 is 6.10 Å². The summed E-state index contributed by atoms with van der Waals surface area (Å²) in [6, 6.07) is 14.3. The van der Waals surface area contributed by atoms with Gasteiger partial charge in [0.2, 0.25) is 0 Å². The average molecular weight is 383 g/mol. The highest BCUT2D eigenvalue weighted by Gasteiger charge is 2.16. The van der Waals surface area contributed by atoms with Gasteiger partial charge in [0.1, 0.15) is 5.75 Å². The zero-order valence-corrected chi connectivity index (χ0v) is 17.0. The van der Waals surface area contributed by atoms with Crippen LogP contribution in [-0.4, -0.2) is 43.2 Å². The molecule has 150 valence electrons. The van der Waals surface area contributed by atoms with E-state index in [2.05, 4.69) is 34.5 Å². The molecule has 1 fully saturated rings. The number of rotatable bonds is 7. The predicted molar refractivity (Wildman–Crippen MR) is 110 cm³/mol. The summed E-state index contributed by atoms with van der Waals surface area (Å²) in [6.45, 7) is 10.9. The van der Waals surface area contributed by atoms with E-state index in [1.54, 1.807) is 6.92 Å². The quantitative estimate of drug-likeness (QED) is 0.799. The summed E-state index contributed by atoms with van der Waals surface area (Å²) >= 11 is 0. The van der Waals surface area contributed by atoms with Crippen LogP contribution in [0, 0.1) is 13.8 Å². The maximum atomic E-state index is 12.4. The Hall–Kier alpha value is -2.37. The highest BCUT2D eigenvalue weighted by Crippen LogP contribution is 2.21. The van der Waals surface area contributed by atoms with Gasteiger partial charge in [-0.15, -0.1) is 0 Å². The summed E-state index contributed by atoms with van der Waals surface area (Å²) in [6.07, 6.45) is -0.541. The van der Waals surface area contributed by atoms with Crippen molar-refractivity contribution in [2.24, 2.45) is 0 Å². The molecule has 3 rings (SSSR count). The summed E-state index contributed by atoms with van der Waals surface area (Å²) < 4.78 is 11.2. The van der Waals surface area contributed by atoms with E-state index in [1.807, 2.05) is 32.0 Å². The molecule has 0 aliphatic carbocycles. The number of ether oxygens (including phenoxy) is 2. The highest BCUT2D eigenvalue weighted by atomic mass is 16.5. The van der Waals surface area contributed by atoms with Gasteiger partial charge in [0.25, 0.3) is 5.91 Å². The van der Waals surface area contributed by atoms with Gasteiger partial charge >= 0.3 is 0 Å². The first-order valence-electron chi connectivity index (χ1n) is 9.91. The molecule has 1 atom stereocenters. The molecular weight excluding hydrogens is 352 g/mol. The van der Waals surface area contributed by atoms with E-state index in [-0.39, 0.29) is 5.91 Å². The average Bonchev–Trinajstić information content (AvgIpc) is 2.71. The Kier molecular flexibility index (Phi) is 7.06. The van der Waals surface area contributed by atoms with E-state index in [0.717, 1.165) is 55.3 Å². The topological polar surface area (TPSA) is 50.8 Å². The summed E-state index contributed by atoms with van der Waals surface area (Å²) in [7, 11) is 0. The third kappa shape index (κ3) is 5.57. The number of benzene rings is 2. The molecule has 0 radical (unpaired) electrons. The van der Waals surface area contributed by atoms with Gasteiger partial charge in [-0.05, 0) is 49.1 Å². The Bertz CT molecular complexity index is 783. The molecule has 0 bridgehead atoms. The lowest BCUT2D eigenvalue weighted by Crippen LogP contribution is -2.36. The SMILES string of the molecule is Cc1cccc(OC(C)C(=O)NCc2ccc(CN3CCOCC3)cc2)c1C. The molecular formula is C23H30N2O3. The van der Waals surface area contributed by atoms with Crippen LogP contribution in [0.25, 0.3) is 0 Å². The lowest BCUT2D eigenvalue weighted by Gasteiger charge is -2.26. The fourth-order valence-corrected chi connectivity index (χ4v) is 3.21. The van der Waals surface area contributed by atoms with E-state index >= 15 is 0 Å². The number of hydrogen-bond donors (Lipinski definition) is 1. The number of carbonyl (C=O) groups is 1. The number of nitrogens with one attached hydrogen (secondary N) is 1. The Morgan fingerprint density at radius 1 is 1.11 bits per heavy atom. The van der Waals surface area contributed by atoms with Gasteiger partial charge < -0.3 is 14.8 Å². The predicted octanol–water partition coefficient (Wildman–Crippen LogP) is 3.22. The molecule has 1 aliphatic heterocycles. The van der Waals surface area contributed by atoms with Gasteiger partial charge in [-0.2, -0.15) is 0 Å². The van der Waals surface area contributed by atoms with Gasteiger partial charge in [-0.25, -0.2) is 0 Å². The largest absolute Gasteiger partial charge is 0.481 e. The summed E-state index contributed by atoms with van der Waals surface area (Å²) in [5, 5.41) is 2.96. The molecule has 5 heteroatoms. The minimum Gasteiger partial charge on any atom is -0.481 e. The molecule has 28 heavy (non-hydrogen) atoms. The van der Waals surface area contributed by atoms with Crippen molar-refractivity contribution in [1.29, 1.82) is 0 Å². The molecule has 1 N–H and O–H groups in total. The van der Waals surface area contributed by atoms with Gasteiger partial charge in [0.05, 0.1) is 13.2 Å². The lowest BCUT2D eigenvalue weighted by atomic mass is 10.1. The Balaban J connectivity index is 1.47. The number of nitrogens with zero attached hydrogens (tertiary/aromatic N) is 1. The number of carbonyl (C=O) groups excluding carboxylic acids is 1. The maximum absolute atomic E-state index is 12.4. The van der Waals surface area contributed by atoms with Crippen molar-refractivity contribution in [2.45, 2.75) is 40.0 Å². The lowest BCUT2D eigenvalue weighted by molar-refractivity contribution is -0.127. The van der Waals surface area contributed by atoms with E-state index in [1.165, 1.54) is 5.56 Å². The van der Waals surface area contributed by atoms with Crippen molar-refractivity contribution in [2.75, 3.05) is 26.3 Å². The van der Waals surface area contributed by atoms with E-state index in [0.29, 0.717) is 6.54 Å². The first-order valence-corrected chi connectivity index (χ1v) is 9.91. The van der Waals surface area contributed by atoms with Gasteiger partial charge in [-0.3, -0.25) is 9.69 Å². The first kappa shape index (κ1) is 20.4. The molecule has 1 saturated heterocycles. The first-order chi connectivity index (χ1) is 13.5.